The van der Waals surface area contributed by atoms with Crippen molar-refractivity contribution in [3.05, 3.63) is 95.6 Å². The van der Waals surface area contributed by atoms with E-state index in [2.05, 4.69) is 0 Å². The lowest BCUT2D eigenvalue weighted by atomic mass is 9.96. The summed E-state index contributed by atoms with van der Waals surface area (Å²) in [6.07, 6.45) is 5.91. The number of anilines is 2. The highest BCUT2D eigenvalue weighted by atomic mass is 32.2. The van der Waals surface area contributed by atoms with Gasteiger partial charge in [-0.05, 0) is 0 Å². The van der Waals surface area contributed by atoms with Crippen LogP contribution in [-0.4, -0.2) is 129 Å². The van der Waals surface area contributed by atoms with Crippen molar-refractivity contribution in [2.24, 2.45) is 0 Å². The SMILES string of the molecule is COC(=O)/C(C(=O)c1ccc(C(=O)/C(C(=O)OC)=C(\C(=O)OC)[n+]2ccc(N(C)C)cc2)cc1)=C(/C(=O)OC)[n+]1ccc(N(C)C)cc1.O=S(=O)([O-])C(F)(F)F.O=S(=O)([O-])C(F)(F)F. The third-order valence-corrected chi connectivity index (χ3v) is 8.75. The lowest BCUT2D eigenvalue weighted by Gasteiger charge is -2.12. The Morgan fingerprint density at radius 3 is 0.875 bits per heavy atom. The topological polar surface area (TPSA) is 268 Å². The fourth-order valence-electron chi connectivity index (χ4n) is 4.46. The Morgan fingerprint density at radius 2 is 0.703 bits per heavy atom. The normalized spacial score (nSPS) is 12.2. The fourth-order valence-corrected chi connectivity index (χ4v) is 4.46. The molecule has 0 N–H and O–H groups in total. The Bertz CT molecular complexity index is 2330. The van der Waals surface area contributed by atoms with Gasteiger partial charge in [0.15, 0.2) is 56.2 Å². The maximum atomic E-state index is 13.8. The molecule has 350 valence electrons. The van der Waals surface area contributed by atoms with Crippen molar-refractivity contribution in [3.63, 3.8) is 0 Å². The second-order valence-electron chi connectivity index (χ2n) is 12.2. The Balaban J connectivity index is 0.00000108. The van der Waals surface area contributed by atoms with E-state index in [1.165, 1.54) is 58.2 Å². The number of benzene rings is 1. The summed E-state index contributed by atoms with van der Waals surface area (Å²) in [6.45, 7) is 0. The number of hydrogen-bond acceptors (Lipinski definition) is 18. The number of aromatic nitrogens is 2. The number of rotatable bonds is 12. The van der Waals surface area contributed by atoms with Crippen LogP contribution in [-0.2, 0) is 58.4 Å². The molecule has 0 fully saturated rings. The number of pyridine rings is 2. The van der Waals surface area contributed by atoms with Crippen LogP contribution in [0, 0.1) is 0 Å². The van der Waals surface area contributed by atoms with Gasteiger partial charge in [0.1, 0.15) is 0 Å². The molecular formula is C36H36F6N4O16S2. The van der Waals surface area contributed by atoms with E-state index < -0.39 is 89.2 Å². The molecule has 20 nitrogen and oxygen atoms in total. The van der Waals surface area contributed by atoms with Crippen molar-refractivity contribution in [3.8, 4) is 0 Å². The van der Waals surface area contributed by atoms with Gasteiger partial charge in [-0.25, -0.2) is 36.0 Å². The van der Waals surface area contributed by atoms with Crippen LogP contribution in [0.3, 0.4) is 0 Å². The highest BCUT2D eigenvalue weighted by Gasteiger charge is 2.40. The zero-order valence-corrected chi connectivity index (χ0v) is 36.0. The fraction of sp³-hybridized carbons (Fsp3) is 0.278. The molecule has 0 radical (unpaired) electrons. The van der Waals surface area contributed by atoms with Crippen molar-refractivity contribution in [2.45, 2.75) is 11.0 Å². The van der Waals surface area contributed by atoms with E-state index >= 15 is 0 Å². The van der Waals surface area contributed by atoms with Crippen LogP contribution in [0.5, 0.6) is 0 Å². The third-order valence-electron chi connectivity index (χ3n) is 7.61. The summed E-state index contributed by atoms with van der Waals surface area (Å²) in [5.74, 6) is -6.03. The number of Topliss-reactive ketones (excluding diaryl/α,β-unsaturated/α-hetero) is 2. The second-order valence-corrected chi connectivity index (χ2v) is 14.9. The quantitative estimate of drug-likeness (QED) is 0.0237. The van der Waals surface area contributed by atoms with E-state index in [0.717, 1.165) is 39.8 Å². The van der Waals surface area contributed by atoms with Crippen LogP contribution in [0.1, 0.15) is 20.7 Å². The number of halogens is 6. The molecule has 3 rings (SSSR count). The van der Waals surface area contributed by atoms with E-state index in [9.17, 15) is 55.1 Å². The molecule has 0 atom stereocenters. The number of hydrogen-bond donors (Lipinski definition) is 0. The first-order chi connectivity index (χ1) is 29.3. The molecule has 3 aromatic rings. The zero-order chi connectivity index (χ0) is 49.7. The van der Waals surface area contributed by atoms with Crippen molar-refractivity contribution >= 4 is 78.4 Å². The Kier molecular flexibility index (Phi) is 19.4. The molecule has 0 aliphatic carbocycles. The van der Waals surface area contributed by atoms with E-state index in [0.29, 0.717) is 0 Å². The summed E-state index contributed by atoms with van der Waals surface area (Å²) < 4.78 is 140. The Labute approximate surface area is 360 Å². The van der Waals surface area contributed by atoms with Gasteiger partial charge in [-0.2, -0.15) is 35.5 Å². The summed E-state index contributed by atoms with van der Waals surface area (Å²) in [4.78, 5) is 83.1. The number of nitrogens with zero attached hydrogens (tertiary/aromatic N) is 4. The molecule has 1 aromatic carbocycles. The van der Waals surface area contributed by atoms with Crippen LogP contribution in [0.15, 0.2) is 84.5 Å². The maximum absolute atomic E-state index is 13.8. The maximum Gasteiger partial charge on any atom is 0.485 e. The van der Waals surface area contributed by atoms with Gasteiger partial charge < -0.3 is 37.9 Å². The number of carbonyl (C=O) groups excluding carboxylic acids is 6. The molecule has 2 aromatic heterocycles. The Morgan fingerprint density at radius 1 is 0.484 bits per heavy atom. The van der Waals surface area contributed by atoms with Crippen molar-refractivity contribution in [1.29, 1.82) is 0 Å². The predicted octanol–water partition coefficient (Wildman–Crippen LogP) is 1.38. The molecule has 0 bridgehead atoms. The van der Waals surface area contributed by atoms with Crippen LogP contribution >= 0.6 is 0 Å². The largest absolute Gasteiger partial charge is 0.741 e. The van der Waals surface area contributed by atoms with Gasteiger partial charge in [0.05, 0.1) is 28.4 Å². The highest BCUT2D eigenvalue weighted by molar-refractivity contribution is 7.86. The van der Waals surface area contributed by atoms with E-state index in [4.69, 9.17) is 44.9 Å². The second kappa shape index (κ2) is 22.5. The van der Waals surface area contributed by atoms with Gasteiger partial charge in [-0.15, -0.1) is 0 Å². The minimum atomic E-state index is -6.09. The standard InChI is InChI=1S/C34H36N4O10.2CHF3O3S/c1-35(2)23-13-17-37(18-14-23)27(33(43)47-7)25(31(41)45-5)29(39)21-9-11-22(12-10-21)30(40)26(32(42)46-6)28(34(44)48-8)38-19-15-24(16-20-38)36(3)4;2*2-1(3,4)8(5,6)7/h9-20H,1-8H3;2*(H,5,6,7)/q+2;;/p-2/b27-25-,28-26-;;. The van der Waals surface area contributed by atoms with Crippen LogP contribution in [0.2, 0.25) is 0 Å². The lowest BCUT2D eigenvalue weighted by Crippen LogP contribution is -2.40. The molecule has 64 heavy (non-hydrogen) atoms. The minimum absolute atomic E-state index is 0.107. The van der Waals surface area contributed by atoms with Crippen molar-refractivity contribution < 1.29 is 109 Å². The molecule has 2 heterocycles. The van der Waals surface area contributed by atoms with Gasteiger partial charge in [0, 0.05) is 75.0 Å². The van der Waals surface area contributed by atoms with Gasteiger partial charge in [-0.1, -0.05) is 24.3 Å². The first-order valence-electron chi connectivity index (χ1n) is 16.7. The summed E-state index contributed by atoms with van der Waals surface area (Å²) in [5.41, 5.74) is -12.0. The molecule has 0 aliphatic rings. The zero-order valence-electron chi connectivity index (χ0n) is 34.3. The van der Waals surface area contributed by atoms with Crippen LogP contribution < -0.4 is 18.9 Å². The number of esters is 4. The van der Waals surface area contributed by atoms with E-state index in [1.54, 1.807) is 24.3 Å². The molecule has 0 saturated carbocycles. The van der Waals surface area contributed by atoms with Gasteiger partial charge in [0.2, 0.25) is 11.6 Å². The highest BCUT2D eigenvalue weighted by Crippen LogP contribution is 2.23. The lowest BCUT2D eigenvalue weighted by molar-refractivity contribution is -0.578. The molecule has 0 unspecified atom stereocenters. The van der Waals surface area contributed by atoms with E-state index in [1.807, 2.05) is 38.0 Å². The van der Waals surface area contributed by atoms with Crippen molar-refractivity contribution in [2.75, 3.05) is 66.4 Å². The molecule has 0 aliphatic heterocycles. The molecule has 0 saturated heterocycles. The van der Waals surface area contributed by atoms with Crippen LogP contribution in [0.25, 0.3) is 11.4 Å². The predicted molar refractivity (Wildman–Crippen MR) is 203 cm³/mol. The summed E-state index contributed by atoms with van der Waals surface area (Å²) in [5, 5.41) is 0. The molecular weight excluding hydrogens is 923 g/mol. The van der Waals surface area contributed by atoms with Crippen LogP contribution in [0.4, 0.5) is 37.7 Å². The monoisotopic (exact) mass is 958 g/mol. The number of methoxy groups -OCH3 is 4. The number of ether oxygens (including phenoxy) is 4. The smallest absolute Gasteiger partial charge is 0.485 e. The summed E-state index contributed by atoms with van der Waals surface area (Å²) in [7, 11) is -0.616. The number of alkyl halides is 6. The minimum Gasteiger partial charge on any atom is -0.741 e. The Hall–Kier alpha value is -6.78. The summed E-state index contributed by atoms with van der Waals surface area (Å²) >= 11 is 0. The van der Waals surface area contributed by atoms with Gasteiger partial charge in [0.25, 0.3) is 0 Å². The first-order valence-corrected chi connectivity index (χ1v) is 19.6. The number of carbonyl (C=O) groups is 6. The average Bonchev–Trinajstić information content (AvgIpc) is 3.22. The molecule has 28 heteroatoms. The molecule has 0 spiro atoms. The van der Waals surface area contributed by atoms with Crippen molar-refractivity contribution in [1.82, 2.24) is 0 Å². The first kappa shape index (κ1) is 55.2. The van der Waals surface area contributed by atoms with E-state index in [-0.39, 0.29) is 11.1 Å². The average molecular weight is 959 g/mol. The van der Waals surface area contributed by atoms with Gasteiger partial charge >= 0.3 is 46.3 Å². The van der Waals surface area contributed by atoms with Gasteiger partial charge in [-0.3, -0.25) is 9.59 Å². The molecule has 0 amide bonds. The third kappa shape index (κ3) is 14.7. The number of ketones is 2. The summed E-state index contributed by atoms with van der Waals surface area (Å²) in [6, 6.07) is 11.5.